The zero-order chi connectivity index (χ0) is 20.5. The van der Waals surface area contributed by atoms with Gasteiger partial charge in [0.15, 0.2) is 0 Å². The molecule has 0 unspecified atom stereocenters. The summed E-state index contributed by atoms with van der Waals surface area (Å²) in [4.78, 5) is 0. The van der Waals surface area contributed by atoms with Crippen LogP contribution in [-0.4, -0.2) is 30.4 Å². The van der Waals surface area contributed by atoms with E-state index in [2.05, 4.69) is 12.1 Å². The molecule has 0 aliphatic rings. The van der Waals surface area contributed by atoms with Crippen molar-refractivity contribution < 1.29 is 26.8 Å². The monoisotopic (exact) mass is 398 g/mol. The predicted octanol–water partition coefficient (Wildman–Crippen LogP) is 3.63. The molecule has 0 amide bonds. The van der Waals surface area contributed by atoms with Crippen molar-refractivity contribution in [3.63, 3.8) is 0 Å². The van der Waals surface area contributed by atoms with E-state index in [1.54, 1.807) is 0 Å². The van der Waals surface area contributed by atoms with E-state index in [-0.39, 0.29) is 8.32 Å². The Balaban J connectivity index is 0.00000240. The molecule has 0 aliphatic heterocycles. The number of benzene rings is 3. The molecule has 0 radical (unpaired) electrons. The Hall–Kier alpha value is -2.83. The summed E-state index contributed by atoms with van der Waals surface area (Å²) in [6.45, 7) is 1.02. The van der Waals surface area contributed by atoms with Crippen molar-refractivity contribution >= 4 is 12.6 Å². The Morgan fingerprint density at radius 2 is 1.48 bits per heavy atom. The van der Waals surface area contributed by atoms with E-state index in [0.717, 1.165) is 30.2 Å². The van der Waals surface area contributed by atoms with E-state index in [0.29, 0.717) is 25.4 Å². The molecule has 0 fully saturated rings. The van der Waals surface area contributed by atoms with Crippen molar-refractivity contribution in [3.8, 4) is 11.5 Å². The number of rotatable bonds is 10. The summed E-state index contributed by atoms with van der Waals surface area (Å²) in [5, 5.41) is 18.1. The molecule has 0 bridgehead atoms. The highest BCUT2D eigenvalue weighted by atomic mass is 19.1. The van der Waals surface area contributed by atoms with E-state index >= 15 is 0 Å². The summed E-state index contributed by atoms with van der Waals surface area (Å²) < 4.78 is 25.2. The minimum atomic E-state index is -1.83. The summed E-state index contributed by atoms with van der Waals surface area (Å²) in [6, 6.07) is 22.2. The lowest BCUT2D eigenvalue weighted by Gasteiger charge is -2.10. The summed E-state index contributed by atoms with van der Waals surface area (Å²) in [5.41, 5.74) is 2.20. The zero-order valence-electron chi connectivity index (χ0n) is 16.1. The van der Waals surface area contributed by atoms with Gasteiger partial charge in [-0.15, -0.1) is 0 Å². The Kier molecular flexibility index (Phi) is 7.67. The number of aryl methyl sites for hydroxylation is 1. The van der Waals surface area contributed by atoms with Crippen LogP contribution < -0.4 is 14.9 Å². The lowest BCUT2D eigenvalue weighted by atomic mass is 9.80. The maximum atomic E-state index is 13.7. The second-order valence-corrected chi connectivity index (χ2v) is 6.74. The van der Waals surface area contributed by atoms with Crippen LogP contribution >= 0.6 is 0 Å². The summed E-state index contributed by atoms with van der Waals surface area (Å²) in [7, 11) is -1.83. The average molecular weight is 398 g/mol. The third kappa shape index (κ3) is 6.63. The Bertz CT molecular complexity index is 913. The molecule has 6 heteroatoms. The summed E-state index contributed by atoms with van der Waals surface area (Å²) >= 11 is 0. The lowest BCUT2D eigenvalue weighted by molar-refractivity contribution is 0.308. The maximum Gasteiger partial charge on any atom is 0.491 e. The highest BCUT2D eigenvalue weighted by molar-refractivity contribution is 6.58. The fourth-order valence-corrected chi connectivity index (χ4v) is 3.00. The topological polar surface area (TPSA) is 58.9 Å². The van der Waals surface area contributed by atoms with Crippen molar-refractivity contribution in [2.45, 2.75) is 19.3 Å². The molecule has 3 aromatic carbocycles. The molecule has 0 aliphatic carbocycles. The number of halogens is 1. The van der Waals surface area contributed by atoms with Gasteiger partial charge >= 0.3 is 7.12 Å². The highest BCUT2D eigenvalue weighted by Gasteiger charge is 2.16. The summed E-state index contributed by atoms with van der Waals surface area (Å²) in [6.07, 6.45) is 2.58. The predicted molar refractivity (Wildman–Crippen MR) is 116 cm³/mol. The van der Waals surface area contributed by atoms with Crippen LogP contribution in [0.4, 0.5) is 4.39 Å². The van der Waals surface area contributed by atoms with Crippen molar-refractivity contribution in [1.29, 1.82) is 0 Å². The smallest absolute Gasteiger partial charge is 0.491 e. The second-order valence-electron chi connectivity index (χ2n) is 6.74. The van der Waals surface area contributed by atoms with Gasteiger partial charge in [-0.25, -0.2) is 4.39 Å². The molecule has 0 atom stereocenters. The van der Waals surface area contributed by atoms with Crippen LogP contribution in [0, 0.1) is 5.82 Å². The van der Waals surface area contributed by atoms with E-state index in [9.17, 15) is 4.39 Å². The molecule has 2 N–H and O–H groups in total. The van der Waals surface area contributed by atoms with Crippen LogP contribution in [-0.2, 0) is 12.8 Å². The Morgan fingerprint density at radius 3 is 2.24 bits per heavy atom. The Labute approximate surface area is 173 Å². The largest absolute Gasteiger partial charge is 0.494 e. The molecule has 154 valence electrons. The maximum absolute atomic E-state index is 13.7. The quantitative estimate of drug-likeness (QED) is 0.405. The third-order valence-electron chi connectivity index (χ3n) is 4.53. The van der Waals surface area contributed by atoms with Gasteiger partial charge in [0.25, 0.3) is 0 Å². The molecule has 0 saturated heterocycles. The standard InChI is InChI=1S/C23H24BFO4.2H2/c25-23-17-21(11-12-22(23)24(26)27)29-15-13-19-8-4-10-20(16-19)28-14-5-9-18-6-2-1-3-7-18;;/h1-4,6-8,10-12,16-17,26-27H,5,9,13-15H2;2*1H. The molecular weight excluding hydrogens is 370 g/mol. The van der Waals surface area contributed by atoms with Crippen LogP contribution in [0.15, 0.2) is 72.8 Å². The SMILES string of the molecule is OB(O)c1ccc(OCCc2cccc(OCCCc3ccccc3)c2)cc1F.[HH].[HH]. The number of ether oxygens (including phenoxy) is 2. The number of hydrogen-bond acceptors (Lipinski definition) is 4. The van der Waals surface area contributed by atoms with Crippen LogP contribution in [0.3, 0.4) is 0 Å². The van der Waals surface area contributed by atoms with Crippen LogP contribution in [0.2, 0.25) is 0 Å². The lowest BCUT2D eigenvalue weighted by Crippen LogP contribution is -2.32. The normalized spacial score (nSPS) is 10.6. The van der Waals surface area contributed by atoms with Gasteiger partial charge in [-0.2, -0.15) is 0 Å². The second kappa shape index (κ2) is 10.6. The first kappa shape index (κ1) is 20.9. The molecule has 0 saturated carbocycles. The fourth-order valence-electron chi connectivity index (χ4n) is 3.00. The van der Waals surface area contributed by atoms with E-state index < -0.39 is 12.9 Å². The molecule has 0 aromatic heterocycles. The van der Waals surface area contributed by atoms with E-state index in [4.69, 9.17) is 19.5 Å². The van der Waals surface area contributed by atoms with E-state index in [1.165, 1.54) is 17.7 Å². The van der Waals surface area contributed by atoms with Gasteiger partial charge in [0.05, 0.1) is 13.2 Å². The average Bonchev–Trinajstić information content (AvgIpc) is 2.72. The van der Waals surface area contributed by atoms with Gasteiger partial charge in [0.2, 0.25) is 0 Å². The zero-order valence-corrected chi connectivity index (χ0v) is 16.1. The van der Waals surface area contributed by atoms with Crippen molar-refractivity contribution in [2.24, 2.45) is 0 Å². The van der Waals surface area contributed by atoms with Crippen LogP contribution in [0.5, 0.6) is 11.5 Å². The molecule has 3 rings (SSSR count). The van der Waals surface area contributed by atoms with Crippen molar-refractivity contribution in [2.75, 3.05) is 13.2 Å². The molecule has 4 nitrogen and oxygen atoms in total. The minimum absolute atomic E-state index is 0. The molecule has 3 aromatic rings. The van der Waals surface area contributed by atoms with Gasteiger partial charge in [-0.05, 0) is 42.2 Å². The van der Waals surface area contributed by atoms with Crippen molar-refractivity contribution in [3.05, 3.63) is 89.7 Å². The molecule has 29 heavy (non-hydrogen) atoms. The summed E-state index contributed by atoms with van der Waals surface area (Å²) in [5.74, 6) is 0.464. The van der Waals surface area contributed by atoms with Gasteiger partial charge in [-0.1, -0.05) is 48.5 Å². The molecular formula is C23H28BFO4. The van der Waals surface area contributed by atoms with Gasteiger partial charge in [0.1, 0.15) is 17.3 Å². The third-order valence-corrected chi connectivity index (χ3v) is 4.53. The number of hydrogen-bond donors (Lipinski definition) is 2. The van der Waals surface area contributed by atoms with Gasteiger partial charge in [-0.3, -0.25) is 0 Å². The fraction of sp³-hybridized carbons (Fsp3) is 0.217. The van der Waals surface area contributed by atoms with Gasteiger partial charge < -0.3 is 19.5 Å². The molecule has 0 heterocycles. The highest BCUT2D eigenvalue weighted by Crippen LogP contribution is 2.16. The first-order valence-electron chi connectivity index (χ1n) is 9.66. The molecule has 0 spiro atoms. The van der Waals surface area contributed by atoms with Gasteiger partial charge in [0, 0.05) is 20.8 Å². The van der Waals surface area contributed by atoms with Crippen molar-refractivity contribution in [1.82, 2.24) is 0 Å². The van der Waals surface area contributed by atoms with E-state index in [1.807, 2.05) is 42.5 Å². The Morgan fingerprint density at radius 1 is 0.759 bits per heavy atom. The van der Waals surface area contributed by atoms with Crippen LogP contribution in [0.1, 0.15) is 20.4 Å². The first-order valence-corrected chi connectivity index (χ1v) is 9.66. The minimum Gasteiger partial charge on any atom is -0.494 e. The van der Waals surface area contributed by atoms with Crippen LogP contribution in [0.25, 0.3) is 0 Å². The first-order chi connectivity index (χ1) is 14.1.